The number of carbonyl (C=O) groups is 1. The highest BCUT2D eigenvalue weighted by molar-refractivity contribution is 9.10. The number of hydrogen-bond donors (Lipinski definition) is 0. The molecule has 1 atom stereocenters. The minimum absolute atomic E-state index is 0.180. The van der Waals surface area contributed by atoms with Crippen molar-refractivity contribution in [2.45, 2.75) is 13.0 Å². The van der Waals surface area contributed by atoms with E-state index in [0.29, 0.717) is 21.5 Å². The standard InChI is InChI=1S/C16H14BrFO3/c1-10(21-13-7-8-14(17)15(18)9-13)16(19)11-3-5-12(20-2)6-4-11/h3-10H,1-2H3. The molecule has 0 aliphatic heterocycles. The average molecular weight is 353 g/mol. The Kier molecular flexibility index (Phi) is 4.96. The fraction of sp³-hybridized carbons (Fsp3) is 0.188. The fourth-order valence-corrected chi connectivity index (χ4v) is 2.04. The number of ketones is 1. The van der Waals surface area contributed by atoms with E-state index in [4.69, 9.17) is 9.47 Å². The molecule has 3 nitrogen and oxygen atoms in total. The van der Waals surface area contributed by atoms with Crippen LogP contribution in [0.5, 0.6) is 11.5 Å². The van der Waals surface area contributed by atoms with Crippen molar-refractivity contribution in [3.63, 3.8) is 0 Å². The van der Waals surface area contributed by atoms with Crippen LogP contribution in [0.3, 0.4) is 0 Å². The summed E-state index contributed by atoms with van der Waals surface area (Å²) in [4.78, 5) is 12.2. The Morgan fingerprint density at radius 2 is 1.76 bits per heavy atom. The molecule has 0 saturated carbocycles. The van der Waals surface area contributed by atoms with Crippen molar-refractivity contribution < 1.29 is 18.7 Å². The maximum absolute atomic E-state index is 13.4. The van der Waals surface area contributed by atoms with Crippen LogP contribution in [0.2, 0.25) is 0 Å². The summed E-state index contributed by atoms with van der Waals surface area (Å²) in [6.45, 7) is 1.63. The van der Waals surface area contributed by atoms with Crippen LogP contribution in [0.15, 0.2) is 46.9 Å². The van der Waals surface area contributed by atoms with Crippen molar-refractivity contribution in [3.8, 4) is 11.5 Å². The third-order valence-corrected chi connectivity index (χ3v) is 3.59. The van der Waals surface area contributed by atoms with E-state index in [0.717, 1.165) is 0 Å². The second kappa shape index (κ2) is 6.72. The SMILES string of the molecule is COc1ccc(C(=O)C(C)Oc2ccc(Br)c(F)c2)cc1. The Morgan fingerprint density at radius 1 is 1.14 bits per heavy atom. The summed E-state index contributed by atoms with van der Waals surface area (Å²) < 4.78 is 24.3. The molecule has 0 fully saturated rings. The van der Waals surface area contributed by atoms with Gasteiger partial charge in [0, 0.05) is 11.6 Å². The maximum Gasteiger partial charge on any atom is 0.202 e. The summed E-state index contributed by atoms with van der Waals surface area (Å²) in [6, 6.07) is 11.1. The summed E-state index contributed by atoms with van der Waals surface area (Å²) in [7, 11) is 1.56. The summed E-state index contributed by atoms with van der Waals surface area (Å²) in [5, 5.41) is 0. The van der Waals surface area contributed by atoms with E-state index in [1.54, 1.807) is 44.4 Å². The largest absolute Gasteiger partial charge is 0.497 e. The lowest BCUT2D eigenvalue weighted by atomic mass is 10.1. The van der Waals surface area contributed by atoms with E-state index < -0.39 is 11.9 Å². The van der Waals surface area contributed by atoms with Crippen LogP contribution in [0.1, 0.15) is 17.3 Å². The first-order chi connectivity index (χ1) is 10.0. The molecule has 0 aliphatic rings. The summed E-state index contributed by atoms with van der Waals surface area (Å²) in [5.74, 6) is 0.373. The second-order valence-electron chi connectivity index (χ2n) is 4.43. The molecular formula is C16H14BrFO3. The zero-order chi connectivity index (χ0) is 15.4. The molecule has 1 unspecified atom stereocenters. The van der Waals surface area contributed by atoms with Crippen molar-refractivity contribution >= 4 is 21.7 Å². The van der Waals surface area contributed by atoms with Gasteiger partial charge in [0.25, 0.3) is 0 Å². The number of ether oxygens (including phenoxy) is 2. The zero-order valence-corrected chi connectivity index (χ0v) is 13.2. The van der Waals surface area contributed by atoms with Gasteiger partial charge in [0.1, 0.15) is 17.3 Å². The molecule has 0 aromatic heterocycles. The second-order valence-corrected chi connectivity index (χ2v) is 5.28. The third-order valence-electron chi connectivity index (χ3n) is 2.95. The molecule has 0 amide bonds. The van der Waals surface area contributed by atoms with E-state index in [1.165, 1.54) is 12.1 Å². The quantitative estimate of drug-likeness (QED) is 0.754. The minimum atomic E-state index is -0.709. The van der Waals surface area contributed by atoms with Gasteiger partial charge in [-0.2, -0.15) is 0 Å². The molecule has 0 saturated heterocycles. The highest BCUT2D eigenvalue weighted by Gasteiger charge is 2.17. The molecule has 0 spiro atoms. The molecule has 2 aromatic carbocycles. The number of Topliss-reactive ketones (excluding diaryl/α,β-unsaturated/α-hetero) is 1. The van der Waals surface area contributed by atoms with Crippen LogP contribution < -0.4 is 9.47 Å². The third kappa shape index (κ3) is 3.82. The Balaban J connectivity index is 2.09. The van der Waals surface area contributed by atoms with Gasteiger partial charge in [-0.05, 0) is 59.3 Å². The lowest BCUT2D eigenvalue weighted by molar-refractivity contribution is 0.0817. The normalized spacial score (nSPS) is 11.8. The smallest absolute Gasteiger partial charge is 0.202 e. The van der Waals surface area contributed by atoms with E-state index in [1.807, 2.05) is 0 Å². The number of benzene rings is 2. The molecule has 0 radical (unpaired) electrons. The lowest BCUT2D eigenvalue weighted by Gasteiger charge is -2.14. The van der Waals surface area contributed by atoms with Crippen LogP contribution >= 0.6 is 15.9 Å². The fourth-order valence-electron chi connectivity index (χ4n) is 1.80. The van der Waals surface area contributed by atoms with E-state index in [-0.39, 0.29) is 5.78 Å². The van der Waals surface area contributed by atoms with Gasteiger partial charge in [0.2, 0.25) is 5.78 Å². The maximum atomic E-state index is 13.4. The number of methoxy groups -OCH3 is 1. The predicted molar refractivity (Wildman–Crippen MR) is 81.5 cm³/mol. The molecule has 0 N–H and O–H groups in total. The van der Waals surface area contributed by atoms with Gasteiger partial charge in [-0.15, -0.1) is 0 Å². The molecule has 2 rings (SSSR count). The van der Waals surface area contributed by atoms with Crippen molar-refractivity contribution in [1.29, 1.82) is 0 Å². The topological polar surface area (TPSA) is 35.5 Å². The monoisotopic (exact) mass is 352 g/mol. The summed E-state index contributed by atoms with van der Waals surface area (Å²) in [5.41, 5.74) is 0.515. The van der Waals surface area contributed by atoms with Crippen LogP contribution in [-0.2, 0) is 0 Å². The molecule has 0 aliphatic carbocycles. The highest BCUT2D eigenvalue weighted by atomic mass is 79.9. The van der Waals surface area contributed by atoms with E-state index in [2.05, 4.69) is 15.9 Å². The van der Waals surface area contributed by atoms with Gasteiger partial charge >= 0.3 is 0 Å². The van der Waals surface area contributed by atoms with Gasteiger partial charge in [-0.25, -0.2) is 4.39 Å². The first-order valence-corrected chi connectivity index (χ1v) is 7.10. The van der Waals surface area contributed by atoms with Crippen molar-refractivity contribution in [2.75, 3.05) is 7.11 Å². The Labute approximate surface area is 130 Å². The Bertz CT molecular complexity index is 640. The number of hydrogen-bond acceptors (Lipinski definition) is 3. The highest BCUT2D eigenvalue weighted by Crippen LogP contribution is 2.22. The molecule has 0 bridgehead atoms. The number of halogens is 2. The average Bonchev–Trinajstić information content (AvgIpc) is 2.50. The van der Waals surface area contributed by atoms with E-state index in [9.17, 15) is 9.18 Å². The minimum Gasteiger partial charge on any atom is -0.497 e. The summed E-state index contributed by atoms with van der Waals surface area (Å²) >= 11 is 3.07. The zero-order valence-electron chi connectivity index (χ0n) is 11.6. The van der Waals surface area contributed by atoms with Gasteiger partial charge in [0.15, 0.2) is 6.10 Å². The predicted octanol–water partition coefficient (Wildman–Crippen LogP) is 4.25. The molecule has 5 heteroatoms. The van der Waals surface area contributed by atoms with Crippen molar-refractivity contribution in [3.05, 3.63) is 58.3 Å². The molecule has 2 aromatic rings. The first-order valence-electron chi connectivity index (χ1n) is 6.31. The molecule has 0 heterocycles. The lowest BCUT2D eigenvalue weighted by Crippen LogP contribution is -2.23. The molecular weight excluding hydrogens is 339 g/mol. The Morgan fingerprint density at radius 3 is 2.33 bits per heavy atom. The van der Waals surface area contributed by atoms with Gasteiger partial charge in [-0.1, -0.05) is 0 Å². The molecule has 110 valence electrons. The van der Waals surface area contributed by atoms with Crippen LogP contribution in [0.4, 0.5) is 4.39 Å². The number of rotatable bonds is 5. The van der Waals surface area contributed by atoms with Gasteiger partial charge < -0.3 is 9.47 Å². The van der Waals surface area contributed by atoms with Crippen LogP contribution in [0, 0.1) is 5.82 Å². The van der Waals surface area contributed by atoms with Crippen LogP contribution in [0.25, 0.3) is 0 Å². The number of carbonyl (C=O) groups excluding carboxylic acids is 1. The van der Waals surface area contributed by atoms with Crippen LogP contribution in [-0.4, -0.2) is 19.0 Å². The van der Waals surface area contributed by atoms with E-state index >= 15 is 0 Å². The molecule has 21 heavy (non-hydrogen) atoms. The Hall–Kier alpha value is -1.88. The van der Waals surface area contributed by atoms with Crippen molar-refractivity contribution in [1.82, 2.24) is 0 Å². The van der Waals surface area contributed by atoms with Gasteiger partial charge in [0.05, 0.1) is 11.6 Å². The van der Waals surface area contributed by atoms with Gasteiger partial charge in [-0.3, -0.25) is 4.79 Å². The summed E-state index contributed by atoms with van der Waals surface area (Å²) in [6.07, 6.45) is -0.709. The van der Waals surface area contributed by atoms with Crippen molar-refractivity contribution in [2.24, 2.45) is 0 Å². The first kappa shape index (κ1) is 15.5.